The molecule has 0 saturated carbocycles. The van der Waals surface area contributed by atoms with E-state index in [1.165, 1.54) is 54.1 Å². The number of allylic oxidation sites excluding steroid dienone is 4. The molecule has 0 fully saturated rings. The minimum absolute atomic E-state index is 0.0307. The van der Waals surface area contributed by atoms with Gasteiger partial charge in [0.25, 0.3) is 11.7 Å². The number of carbonyl (C=O) groups is 5. The summed E-state index contributed by atoms with van der Waals surface area (Å²) in [6.45, 7) is 12.3. The molecule has 5 N–H and O–H groups in total. The standard InChI is InChI=1S/C44H52N2O13/c1-20-13-11-14-21(2)43(54)46-34-33(45-27-15-12-16-28(19-27)55-9)38(51)30-31(39(34)52)37(50)25(6)41-32(30)42(53)44(8,59-41)57-18-17-29(56-10)22(3)40(58-26(7)47)24(5)36(49)23(4)35(20)48/h11-20,22-24,29,35-36,40,45,48-50H,1-10H3,(H,46,54)/b13-11+,18-17+,21-14-/t20-,22+,23+,24-,29-,35-,36-,40+,44-/m0/s1. The molecule has 3 heterocycles. The number of aromatic hydroxyl groups is 1. The monoisotopic (exact) mass is 816 g/mol. The lowest BCUT2D eigenvalue weighted by molar-refractivity contribution is -0.160. The highest BCUT2D eigenvalue weighted by atomic mass is 16.7. The Morgan fingerprint density at radius 2 is 1.61 bits per heavy atom. The summed E-state index contributed by atoms with van der Waals surface area (Å²) in [6, 6.07) is 6.44. The smallest absolute Gasteiger partial charge is 0.312 e. The Morgan fingerprint density at radius 3 is 2.25 bits per heavy atom. The van der Waals surface area contributed by atoms with Crippen molar-refractivity contribution in [3.63, 3.8) is 0 Å². The predicted molar refractivity (Wildman–Crippen MR) is 215 cm³/mol. The van der Waals surface area contributed by atoms with E-state index in [0.29, 0.717) is 11.4 Å². The molecule has 1 aliphatic carbocycles. The van der Waals surface area contributed by atoms with E-state index >= 15 is 0 Å². The number of fused-ring (bicyclic) bond motifs is 14. The molecule has 59 heavy (non-hydrogen) atoms. The van der Waals surface area contributed by atoms with E-state index in [9.17, 15) is 39.3 Å². The van der Waals surface area contributed by atoms with Crippen molar-refractivity contribution in [1.82, 2.24) is 5.32 Å². The van der Waals surface area contributed by atoms with Gasteiger partial charge in [-0.15, -0.1) is 0 Å². The maximum Gasteiger partial charge on any atom is 0.312 e. The Balaban J connectivity index is 1.69. The highest BCUT2D eigenvalue weighted by Crippen LogP contribution is 2.48. The number of methoxy groups -OCH3 is 2. The van der Waals surface area contributed by atoms with Gasteiger partial charge in [0.15, 0.2) is 0 Å². The summed E-state index contributed by atoms with van der Waals surface area (Å²) in [5.41, 5.74) is -1.79. The number of hydrogen-bond acceptors (Lipinski definition) is 14. The van der Waals surface area contributed by atoms with Crippen LogP contribution in [0.4, 0.5) is 5.69 Å². The van der Waals surface area contributed by atoms with E-state index in [0.717, 1.165) is 6.26 Å². The van der Waals surface area contributed by atoms with E-state index in [-0.39, 0.29) is 22.4 Å². The SMILES string of the molecule is COc1cccc(NC2=C3NC(=O)/C(C)=C\C=C\[C@H](C)[C@H](O)[C@@H](C)[C@H](O)[C@H](C)[C@H](OC(C)=O)[C@H](C)[C@@H](OC)/C=C/O[C@@]4(C)Oc5c(C)c(O)c(c(c5C4=O)C2=O)C3=O)c1. The second-order valence-corrected chi connectivity index (χ2v) is 15.4. The molecule has 0 spiro atoms. The Kier molecular flexibility index (Phi) is 13.2. The van der Waals surface area contributed by atoms with E-state index < -0.39 is 111 Å². The molecule has 2 aromatic carbocycles. The topological polar surface area (TPSA) is 216 Å². The van der Waals surface area contributed by atoms with E-state index in [2.05, 4.69) is 10.6 Å². The summed E-state index contributed by atoms with van der Waals surface area (Å²) < 4.78 is 28.8. The van der Waals surface area contributed by atoms with Crippen LogP contribution in [0.3, 0.4) is 0 Å². The summed E-state index contributed by atoms with van der Waals surface area (Å²) in [7, 11) is 2.87. The molecule has 15 nitrogen and oxygen atoms in total. The van der Waals surface area contributed by atoms with Crippen molar-refractivity contribution < 1.29 is 63.0 Å². The predicted octanol–water partition coefficient (Wildman–Crippen LogP) is 5.08. The third-order valence-electron chi connectivity index (χ3n) is 11.3. The fraction of sp³-hybridized carbons (Fsp3) is 0.432. The molecule has 15 heteroatoms. The first-order chi connectivity index (χ1) is 27.8. The maximum absolute atomic E-state index is 14.7. The molecule has 6 rings (SSSR count). The molecule has 4 aliphatic rings. The Morgan fingerprint density at radius 1 is 0.915 bits per heavy atom. The lowest BCUT2D eigenvalue weighted by Gasteiger charge is -2.38. The van der Waals surface area contributed by atoms with Crippen molar-refractivity contribution in [2.45, 2.75) is 85.6 Å². The summed E-state index contributed by atoms with van der Waals surface area (Å²) in [4.78, 5) is 69.6. The summed E-state index contributed by atoms with van der Waals surface area (Å²) in [5, 5.41) is 39.8. The fourth-order valence-corrected chi connectivity index (χ4v) is 7.66. The van der Waals surface area contributed by atoms with Crippen molar-refractivity contribution >= 4 is 34.9 Å². The quantitative estimate of drug-likeness (QED) is 0.249. The molecule has 9 atom stereocenters. The molecular formula is C44H52N2O13. The van der Waals surface area contributed by atoms with Crippen LogP contribution < -0.4 is 20.1 Å². The van der Waals surface area contributed by atoms with Crippen molar-refractivity contribution in [3.05, 3.63) is 94.1 Å². The Labute approximate surface area is 342 Å². The maximum atomic E-state index is 14.7. The number of phenolic OH excluding ortho intramolecular Hbond substituents is 1. The highest BCUT2D eigenvalue weighted by molar-refractivity contribution is 6.33. The van der Waals surface area contributed by atoms with E-state index in [1.807, 2.05) is 0 Å². The van der Waals surface area contributed by atoms with Crippen LogP contribution in [-0.2, 0) is 23.8 Å². The van der Waals surface area contributed by atoms with Gasteiger partial charge >= 0.3 is 11.8 Å². The lowest BCUT2D eigenvalue weighted by Crippen LogP contribution is -2.46. The number of ketones is 3. The number of benzene rings is 2. The normalized spacial score (nSPS) is 31.0. The van der Waals surface area contributed by atoms with Crippen LogP contribution in [0.5, 0.6) is 17.2 Å². The summed E-state index contributed by atoms with van der Waals surface area (Å²) >= 11 is 0. The molecule has 1 amide bonds. The van der Waals surface area contributed by atoms with Crippen LogP contribution in [0.1, 0.15) is 85.1 Å². The second kappa shape index (κ2) is 17.6. The van der Waals surface area contributed by atoms with Gasteiger partial charge in [0.05, 0.1) is 48.4 Å². The number of esters is 1. The second-order valence-electron chi connectivity index (χ2n) is 15.4. The molecule has 2 aromatic rings. The van der Waals surface area contributed by atoms with Crippen molar-refractivity contribution in [2.75, 3.05) is 19.5 Å². The number of aliphatic hydroxyl groups is 2. The minimum atomic E-state index is -2.11. The van der Waals surface area contributed by atoms with Gasteiger partial charge in [0, 0.05) is 67.5 Å². The Hall–Kier alpha value is -5.77. The number of hydrogen-bond donors (Lipinski definition) is 5. The number of aliphatic hydroxyl groups excluding tert-OH is 2. The lowest BCUT2D eigenvalue weighted by atomic mass is 9.78. The Bertz CT molecular complexity index is 2170. The number of nitrogens with one attached hydrogen (secondary N) is 2. The number of carbonyl (C=O) groups excluding carboxylic acids is 5. The molecule has 0 saturated heterocycles. The molecule has 0 aromatic heterocycles. The molecule has 316 valence electrons. The molecule has 3 aliphatic heterocycles. The zero-order valence-electron chi connectivity index (χ0n) is 34.7. The first-order valence-corrected chi connectivity index (χ1v) is 19.2. The first-order valence-electron chi connectivity index (χ1n) is 19.2. The molecule has 0 unspecified atom stereocenters. The molecule has 5 bridgehead atoms. The average Bonchev–Trinajstić information content (AvgIpc) is 3.47. The van der Waals surface area contributed by atoms with E-state index in [1.54, 1.807) is 64.1 Å². The molecule has 0 radical (unpaired) electrons. The molecular weight excluding hydrogens is 764 g/mol. The van der Waals surface area contributed by atoms with E-state index in [4.69, 9.17) is 23.7 Å². The van der Waals surface area contributed by atoms with Gasteiger partial charge in [-0.1, -0.05) is 52.0 Å². The van der Waals surface area contributed by atoms with Gasteiger partial charge in [-0.3, -0.25) is 24.0 Å². The fourth-order valence-electron chi connectivity index (χ4n) is 7.66. The zero-order valence-corrected chi connectivity index (χ0v) is 34.7. The third-order valence-corrected chi connectivity index (χ3v) is 11.3. The van der Waals surface area contributed by atoms with Gasteiger partial charge in [-0.25, -0.2) is 0 Å². The minimum Gasteiger partial charge on any atom is -0.507 e. The highest BCUT2D eigenvalue weighted by Gasteiger charge is 2.53. The van der Waals surface area contributed by atoms with Crippen LogP contribution >= 0.6 is 0 Å². The largest absolute Gasteiger partial charge is 0.507 e. The number of rotatable bonds is 5. The van der Waals surface area contributed by atoms with Gasteiger partial charge in [-0.05, 0) is 32.1 Å². The van der Waals surface area contributed by atoms with Crippen LogP contribution in [0.25, 0.3) is 0 Å². The number of anilines is 1. The number of phenols is 1. The van der Waals surface area contributed by atoms with Crippen molar-refractivity contribution in [1.29, 1.82) is 0 Å². The zero-order chi connectivity index (χ0) is 43.7. The van der Waals surface area contributed by atoms with Crippen LogP contribution in [0, 0.1) is 30.6 Å². The summed E-state index contributed by atoms with van der Waals surface area (Å²) in [6.07, 6.45) is 3.27. The number of amides is 1. The number of Topliss-reactive ketones (excluding diaryl/α,β-unsaturated/α-hetero) is 3. The van der Waals surface area contributed by atoms with Gasteiger partial charge in [0.1, 0.15) is 34.7 Å². The average molecular weight is 817 g/mol. The third kappa shape index (κ3) is 8.54. The van der Waals surface area contributed by atoms with Crippen molar-refractivity contribution in [3.8, 4) is 17.2 Å². The first kappa shape index (κ1) is 44.3. The van der Waals surface area contributed by atoms with Crippen LogP contribution in [-0.4, -0.2) is 89.0 Å². The van der Waals surface area contributed by atoms with Crippen LogP contribution in [0.2, 0.25) is 0 Å². The van der Waals surface area contributed by atoms with Gasteiger partial charge < -0.3 is 49.6 Å². The van der Waals surface area contributed by atoms with Gasteiger partial charge in [-0.2, -0.15) is 0 Å². The number of ether oxygens (including phenoxy) is 5. The summed E-state index contributed by atoms with van der Waals surface area (Å²) in [5.74, 6) is -9.18. The van der Waals surface area contributed by atoms with Gasteiger partial charge in [0.2, 0.25) is 11.6 Å². The van der Waals surface area contributed by atoms with Crippen LogP contribution in [0.15, 0.2) is 71.8 Å². The van der Waals surface area contributed by atoms with Crippen molar-refractivity contribution in [2.24, 2.45) is 23.7 Å².